The molecule has 1 unspecified atom stereocenters. The molecule has 4 rings (SSSR count). The summed E-state index contributed by atoms with van der Waals surface area (Å²) >= 11 is 0. The molecule has 148 valence electrons. The molecule has 1 aromatic carbocycles. The largest absolute Gasteiger partial charge is 0.388 e. The zero-order valence-electron chi connectivity index (χ0n) is 16.6. The molecule has 1 fully saturated rings. The maximum atomic E-state index is 14.9. The number of imidazole rings is 1. The van der Waals surface area contributed by atoms with E-state index in [1.807, 2.05) is 29.7 Å². The van der Waals surface area contributed by atoms with Crippen LogP contribution in [0, 0.1) is 24.5 Å². The highest BCUT2D eigenvalue weighted by molar-refractivity contribution is 5.70. The Hall–Kier alpha value is -2.47. The molecule has 28 heavy (non-hydrogen) atoms. The van der Waals surface area contributed by atoms with E-state index < -0.39 is 11.6 Å². The summed E-state index contributed by atoms with van der Waals surface area (Å²) in [5.74, 6) is -0.737. The monoisotopic (exact) mass is 384 g/mol. The SMILES string of the molecule is CNc1cc(F)c(-c2nc3cc(C)ccn3c2CC2CCCN(C)C2)c(F)c1. The van der Waals surface area contributed by atoms with Crippen molar-refractivity contribution in [2.75, 3.05) is 32.5 Å². The van der Waals surface area contributed by atoms with Gasteiger partial charge in [-0.25, -0.2) is 13.8 Å². The average molecular weight is 384 g/mol. The molecule has 0 amide bonds. The number of hydrogen-bond acceptors (Lipinski definition) is 3. The molecule has 2 aromatic heterocycles. The van der Waals surface area contributed by atoms with Gasteiger partial charge in [-0.05, 0) is 75.5 Å². The topological polar surface area (TPSA) is 32.6 Å². The van der Waals surface area contributed by atoms with Gasteiger partial charge in [-0.2, -0.15) is 0 Å². The number of nitrogens with one attached hydrogen (secondary N) is 1. The van der Waals surface area contributed by atoms with Crippen LogP contribution in [-0.2, 0) is 6.42 Å². The summed E-state index contributed by atoms with van der Waals surface area (Å²) in [5, 5.41) is 2.80. The maximum Gasteiger partial charge on any atom is 0.137 e. The van der Waals surface area contributed by atoms with Crippen molar-refractivity contribution < 1.29 is 8.78 Å². The molecule has 0 saturated carbocycles. The minimum absolute atomic E-state index is 0.0421. The smallest absolute Gasteiger partial charge is 0.137 e. The lowest BCUT2D eigenvalue weighted by molar-refractivity contribution is 0.208. The summed E-state index contributed by atoms with van der Waals surface area (Å²) in [6.07, 6.45) is 4.97. The van der Waals surface area contributed by atoms with Crippen LogP contribution in [0.1, 0.15) is 24.1 Å². The number of halogens is 2. The lowest BCUT2D eigenvalue weighted by Crippen LogP contribution is -2.33. The lowest BCUT2D eigenvalue weighted by Gasteiger charge is -2.29. The Balaban J connectivity index is 1.86. The number of rotatable bonds is 4. The minimum atomic E-state index is -0.591. The van der Waals surface area contributed by atoms with Crippen molar-refractivity contribution in [1.82, 2.24) is 14.3 Å². The summed E-state index contributed by atoms with van der Waals surface area (Å²) < 4.78 is 31.7. The molecule has 0 bridgehead atoms. The second-order valence-electron chi connectivity index (χ2n) is 7.88. The second kappa shape index (κ2) is 7.51. The van der Waals surface area contributed by atoms with Crippen LogP contribution in [0.5, 0.6) is 0 Å². The summed E-state index contributed by atoms with van der Waals surface area (Å²) in [5.41, 5.74) is 3.46. The molecule has 4 nitrogen and oxygen atoms in total. The summed E-state index contributed by atoms with van der Waals surface area (Å²) in [4.78, 5) is 6.98. The van der Waals surface area contributed by atoms with Gasteiger partial charge in [0.05, 0.1) is 17.0 Å². The van der Waals surface area contributed by atoms with Gasteiger partial charge >= 0.3 is 0 Å². The Morgan fingerprint density at radius 1 is 1.21 bits per heavy atom. The number of likely N-dealkylation sites (tertiary alicyclic amines) is 1. The normalized spacial score (nSPS) is 18.0. The van der Waals surface area contributed by atoms with E-state index >= 15 is 0 Å². The van der Waals surface area contributed by atoms with Crippen LogP contribution in [0.2, 0.25) is 0 Å². The standard InChI is InChI=1S/C22H26F2N4/c1-14-6-8-28-19(10-15-5-4-7-27(3)13-15)22(26-20(28)9-14)21-17(23)11-16(25-2)12-18(21)24/h6,8-9,11-12,15,25H,4-5,7,10,13H2,1-3H3. The number of anilines is 1. The number of hydrogen-bond donors (Lipinski definition) is 1. The second-order valence-corrected chi connectivity index (χ2v) is 7.88. The van der Waals surface area contributed by atoms with Gasteiger partial charge in [0.25, 0.3) is 0 Å². The fourth-order valence-corrected chi connectivity index (χ4v) is 4.25. The lowest BCUT2D eigenvalue weighted by atomic mass is 9.92. The molecule has 3 heterocycles. The van der Waals surface area contributed by atoms with Crippen molar-refractivity contribution in [3.8, 4) is 11.3 Å². The first-order valence-electron chi connectivity index (χ1n) is 9.79. The van der Waals surface area contributed by atoms with E-state index in [0.29, 0.717) is 17.3 Å². The zero-order chi connectivity index (χ0) is 19.8. The van der Waals surface area contributed by atoms with E-state index in [9.17, 15) is 8.78 Å². The third kappa shape index (κ3) is 3.49. The summed E-state index contributed by atoms with van der Waals surface area (Å²) in [6, 6.07) is 6.61. The molecule has 1 aliphatic rings. The van der Waals surface area contributed by atoms with Crippen molar-refractivity contribution >= 4 is 11.3 Å². The molecule has 0 radical (unpaired) electrons. The van der Waals surface area contributed by atoms with Crippen LogP contribution in [0.3, 0.4) is 0 Å². The van der Waals surface area contributed by atoms with Crippen molar-refractivity contribution in [3.05, 3.63) is 53.4 Å². The highest BCUT2D eigenvalue weighted by Gasteiger charge is 2.25. The fourth-order valence-electron chi connectivity index (χ4n) is 4.25. The first kappa shape index (κ1) is 18.9. The molecule has 1 N–H and O–H groups in total. The van der Waals surface area contributed by atoms with Gasteiger partial charge in [-0.15, -0.1) is 0 Å². The maximum absolute atomic E-state index is 14.9. The third-order valence-electron chi connectivity index (χ3n) is 5.65. The predicted octanol–water partition coefficient (Wildman–Crippen LogP) is 4.51. The van der Waals surface area contributed by atoms with E-state index in [1.165, 1.54) is 12.1 Å². The van der Waals surface area contributed by atoms with Crippen molar-refractivity contribution in [1.29, 1.82) is 0 Å². The van der Waals surface area contributed by atoms with E-state index in [-0.39, 0.29) is 5.56 Å². The van der Waals surface area contributed by atoms with Crippen molar-refractivity contribution in [3.63, 3.8) is 0 Å². The van der Waals surface area contributed by atoms with Gasteiger partial charge in [0.1, 0.15) is 17.3 Å². The first-order valence-corrected chi connectivity index (χ1v) is 9.79. The van der Waals surface area contributed by atoms with E-state index in [1.54, 1.807) is 7.05 Å². The van der Waals surface area contributed by atoms with Gasteiger partial charge in [0, 0.05) is 25.5 Å². The van der Waals surface area contributed by atoms with Gasteiger partial charge in [-0.3, -0.25) is 0 Å². The number of fused-ring (bicyclic) bond motifs is 1. The Labute approximate surface area is 164 Å². The fraction of sp³-hybridized carbons (Fsp3) is 0.409. The molecule has 3 aromatic rings. The number of aromatic nitrogens is 2. The molecule has 6 heteroatoms. The van der Waals surface area contributed by atoms with Crippen LogP contribution >= 0.6 is 0 Å². The molecule has 0 spiro atoms. The quantitative estimate of drug-likeness (QED) is 0.718. The molecule has 0 aliphatic carbocycles. The Morgan fingerprint density at radius 3 is 2.64 bits per heavy atom. The van der Waals surface area contributed by atoms with Gasteiger partial charge in [-0.1, -0.05) is 0 Å². The van der Waals surface area contributed by atoms with Crippen LogP contribution < -0.4 is 5.32 Å². The minimum Gasteiger partial charge on any atom is -0.388 e. The van der Waals surface area contributed by atoms with Gasteiger partial charge in [0.2, 0.25) is 0 Å². The number of piperidine rings is 1. The highest BCUT2D eigenvalue weighted by Crippen LogP contribution is 2.34. The summed E-state index contributed by atoms with van der Waals surface area (Å²) in [7, 11) is 3.77. The van der Waals surface area contributed by atoms with E-state index in [2.05, 4.69) is 22.2 Å². The van der Waals surface area contributed by atoms with E-state index in [0.717, 1.165) is 49.3 Å². The summed E-state index contributed by atoms with van der Waals surface area (Å²) in [6.45, 7) is 4.08. The number of benzene rings is 1. The van der Waals surface area contributed by atoms with Crippen LogP contribution in [-0.4, -0.2) is 41.5 Å². The molecule has 1 atom stereocenters. The Morgan fingerprint density at radius 2 is 1.96 bits per heavy atom. The first-order chi connectivity index (χ1) is 13.5. The van der Waals surface area contributed by atoms with Crippen LogP contribution in [0.4, 0.5) is 14.5 Å². The molecular weight excluding hydrogens is 358 g/mol. The average Bonchev–Trinajstić information content (AvgIpc) is 2.98. The van der Waals surface area contributed by atoms with Crippen molar-refractivity contribution in [2.45, 2.75) is 26.2 Å². The predicted molar refractivity (Wildman–Crippen MR) is 109 cm³/mol. The molecule has 1 aliphatic heterocycles. The number of nitrogens with zero attached hydrogens (tertiary/aromatic N) is 3. The number of pyridine rings is 1. The van der Waals surface area contributed by atoms with Gasteiger partial charge in [0.15, 0.2) is 0 Å². The van der Waals surface area contributed by atoms with E-state index in [4.69, 9.17) is 0 Å². The van der Waals surface area contributed by atoms with Crippen LogP contribution in [0.15, 0.2) is 30.5 Å². The highest BCUT2D eigenvalue weighted by atomic mass is 19.1. The van der Waals surface area contributed by atoms with Gasteiger partial charge < -0.3 is 14.6 Å². The molecular formula is C22H26F2N4. The Bertz CT molecular complexity index is 988. The third-order valence-corrected chi connectivity index (χ3v) is 5.65. The zero-order valence-corrected chi connectivity index (χ0v) is 16.6. The van der Waals surface area contributed by atoms with Crippen molar-refractivity contribution in [2.24, 2.45) is 5.92 Å². The number of aryl methyl sites for hydroxylation is 1. The molecule has 1 saturated heterocycles. The Kier molecular flexibility index (Phi) is 5.06. The van der Waals surface area contributed by atoms with Crippen LogP contribution in [0.25, 0.3) is 16.9 Å².